The van der Waals surface area contributed by atoms with Gasteiger partial charge >= 0.3 is 0 Å². The fraction of sp³-hybridized carbons (Fsp3) is 0.500. The molecule has 3 N–H and O–H groups in total. The quantitative estimate of drug-likeness (QED) is 0.868. The van der Waals surface area contributed by atoms with Crippen molar-refractivity contribution in [1.82, 2.24) is 14.9 Å². The van der Waals surface area contributed by atoms with Gasteiger partial charge in [-0.2, -0.15) is 0 Å². The number of nitrogens with zero attached hydrogens (tertiary/aromatic N) is 2. The number of benzene rings is 1. The summed E-state index contributed by atoms with van der Waals surface area (Å²) in [4.78, 5) is 10.6. The molecule has 1 aliphatic rings. The number of para-hydroxylation sites is 2. The highest BCUT2D eigenvalue weighted by atomic mass is 15.2. The van der Waals surface area contributed by atoms with Crippen molar-refractivity contribution in [3.63, 3.8) is 0 Å². The SMILES string of the molecule is NCC(c1nc2ccccc2[nH]1)N1CCCCC1. The molecule has 1 aromatic heterocycles. The molecule has 1 unspecified atom stereocenters. The first-order chi connectivity index (χ1) is 8.88. The molecule has 4 heteroatoms. The van der Waals surface area contributed by atoms with Crippen LogP contribution in [0, 0.1) is 0 Å². The first-order valence-corrected chi connectivity index (χ1v) is 6.77. The normalized spacial score (nSPS) is 19.2. The number of nitrogens with one attached hydrogen (secondary N) is 1. The number of likely N-dealkylation sites (tertiary alicyclic amines) is 1. The Labute approximate surface area is 107 Å². The summed E-state index contributed by atoms with van der Waals surface area (Å²) in [6.45, 7) is 2.90. The number of hydrogen-bond acceptors (Lipinski definition) is 3. The van der Waals surface area contributed by atoms with E-state index in [0.717, 1.165) is 29.9 Å². The van der Waals surface area contributed by atoms with Crippen LogP contribution >= 0.6 is 0 Å². The van der Waals surface area contributed by atoms with E-state index < -0.39 is 0 Å². The molecule has 0 saturated carbocycles. The van der Waals surface area contributed by atoms with Crippen molar-refractivity contribution in [2.24, 2.45) is 5.73 Å². The average Bonchev–Trinajstić information content (AvgIpc) is 2.84. The molecule has 1 atom stereocenters. The van der Waals surface area contributed by atoms with Gasteiger partial charge in [0, 0.05) is 6.54 Å². The van der Waals surface area contributed by atoms with Gasteiger partial charge in [0.05, 0.1) is 17.1 Å². The van der Waals surface area contributed by atoms with Crippen LogP contribution in [-0.2, 0) is 0 Å². The van der Waals surface area contributed by atoms with Gasteiger partial charge in [0.1, 0.15) is 5.82 Å². The highest BCUT2D eigenvalue weighted by Crippen LogP contribution is 2.23. The van der Waals surface area contributed by atoms with Crippen molar-refractivity contribution in [2.45, 2.75) is 25.3 Å². The summed E-state index contributed by atoms with van der Waals surface area (Å²) in [6.07, 6.45) is 3.89. The molecule has 1 saturated heterocycles. The van der Waals surface area contributed by atoms with Crippen LogP contribution < -0.4 is 5.73 Å². The first-order valence-electron chi connectivity index (χ1n) is 6.77. The fourth-order valence-corrected chi connectivity index (χ4v) is 2.79. The van der Waals surface area contributed by atoms with Crippen LogP contribution in [0.5, 0.6) is 0 Å². The molecule has 1 aliphatic heterocycles. The smallest absolute Gasteiger partial charge is 0.125 e. The largest absolute Gasteiger partial charge is 0.341 e. The molecule has 0 spiro atoms. The molecule has 1 fully saturated rings. The molecule has 18 heavy (non-hydrogen) atoms. The van der Waals surface area contributed by atoms with Crippen molar-refractivity contribution in [2.75, 3.05) is 19.6 Å². The van der Waals surface area contributed by atoms with Crippen LogP contribution in [0.2, 0.25) is 0 Å². The first kappa shape index (κ1) is 11.7. The van der Waals surface area contributed by atoms with Gasteiger partial charge in [-0.25, -0.2) is 4.98 Å². The van der Waals surface area contributed by atoms with Gasteiger partial charge in [-0.1, -0.05) is 18.6 Å². The number of aromatic nitrogens is 2. The van der Waals surface area contributed by atoms with E-state index in [0.29, 0.717) is 6.54 Å². The number of H-pyrrole nitrogens is 1. The number of nitrogens with two attached hydrogens (primary N) is 1. The Bertz CT molecular complexity index is 480. The zero-order valence-corrected chi connectivity index (χ0v) is 10.6. The van der Waals surface area contributed by atoms with Crippen molar-refractivity contribution in [3.05, 3.63) is 30.1 Å². The highest BCUT2D eigenvalue weighted by molar-refractivity contribution is 5.74. The molecule has 0 aliphatic carbocycles. The molecule has 2 aromatic rings. The second-order valence-corrected chi connectivity index (χ2v) is 4.99. The van der Waals surface area contributed by atoms with E-state index in [2.05, 4.69) is 20.9 Å². The fourth-order valence-electron chi connectivity index (χ4n) is 2.79. The Balaban J connectivity index is 1.90. The Hall–Kier alpha value is -1.39. The lowest BCUT2D eigenvalue weighted by Gasteiger charge is -2.32. The van der Waals surface area contributed by atoms with Crippen LogP contribution in [0.4, 0.5) is 0 Å². The predicted octanol–water partition coefficient (Wildman–Crippen LogP) is 2.05. The second-order valence-electron chi connectivity index (χ2n) is 4.99. The maximum absolute atomic E-state index is 5.96. The lowest BCUT2D eigenvalue weighted by Crippen LogP contribution is -2.38. The number of rotatable bonds is 3. The monoisotopic (exact) mass is 244 g/mol. The summed E-state index contributed by atoms with van der Waals surface area (Å²) in [5, 5.41) is 0. The minimum absolute atomic E-state index is 0.234. The van der Waals surface area contributed by atoms with Crippen molar-refractivity contribution in [3.8, 4) is 0 Å². The maximum atomic E-state index is 5.96. The summed E-state index contributed by atoms with van der Waals surface area (Å²) < 4.78 is 0. The van der Waals surface area contributed by atoms with E-state index in [1.165, 1.54) is 19.3 Å². The molecular weight excluding hydrogens is 224 g/mol. The van der Waals surface area contributed by atoms with E-state index in [1.807, 2.05) is 18.2 Å². The molecule has 1 aromatic carbocycles. The summed E-state index contributed by atoms with van der Waals surface area (Å²) >= 11 is 0. The third-order valence-electron chi connectivity index (χ3n) is 3.78. The van der Waals surface area contributed by atoms with Crippen LogP contribution in [0.15, 0.2) is 24.3 Å². The summed E-state index contributed by atoms with van der Waals surface area (Å²) in [5.74, 6) is 1.01. The zero-order valence-electron chi connectivity index (χ0n) is 10.6. The Morgan fingerprint density at radius 1 is 1.22 bits per heavy atom. The van der Waals surface area contributed by atoms with Crippen molar-refractivity contribution in [1.29, 1.82) is 0 Å². The molecule has 96 valence electrons. The minimum atomic E-state index is 0.234. The number of fused-ring (bicyclic) bond motifs is 1. The highest BCUT2D eigenvalue weighted by Gasteiger charge is 2.23. The molecule has 4 nitrogen and oxygen atoms in total. The average molecular weight is 244 g/mol. The molecular formula is C14H20N4. The van der Waals surface area contributed by atoms with Crippen molar-refractivity contribution >= 4 is 11.0 Å². The molecule has 0 radical (unpaired) electrons. The van der Waals surface area contributed by atoms with Crippen LogP contribution in [0.25, 0.3) is 11.0 Å². The van der Waals surface area contributed by atoms with Crippen LogP contribution in [-0.4, -0.2) is 34.5 Å². The third kappa shape index (κ3) is 2.13. The van der Waals surface area contributed by atoms with E-state index in [1.54, 1.807) is 0 Å². The molecule has 3 rings (SSSR count). The van der Waals surface area contributed by atoms with Crippen LogP contribution in [0.3, 0.4) is 0 Å². The predicted molar refractivity (Wildman–Crippen MR) is 73.3 cm³/mol. The van der Waals surface area contributed by atoms with E-state index in [9.17, 15) is 0 Å². The second kappa shape index (κ2) is 5.08. The number of piperidine rings is 1. The van der Waals surface area contributed by atoms with E-state index in [-0.39, 0.29) is 6.04 Å². The summed E-state index contributed by atoms with van der Waals surface area (Å²) in [6, 6.07) is 8.39. The van der Waals surface area contributed by atoms with Gasteiger partial charge in [0.15, 0.2) is 0 Å². The lowest BCUT2D eigenvalue weighted by atomic mass is 10.1. The van der Waals surface area contributed by atoms with Gasteiger partial charge in [-0.15, -0.1) is 0 Å². The minimum Gasteiger partial charge on any atom is -0.341 e. The molecule has 0 bridgehead atoms. The summed E-state index contributed by atoms with van der Waals surface area (Å²) in [7, 11) is 0. The van der Waals surface area contributed by atoms with E-state index >= 15 is 0 Å². The molecule has 2 heterocycles. The zero-order chi connectivity index (χ0) is 12.4. The van der Waals surface area contributed by atoms with Crippen molar-refractivity contribution < 1.29 is 0 Å². The van der Waals surface area contributed by atoms with Gasteiger partial charge in [0.25, 0.3) is 0 Å². The van der Waals surface area contributed by atoms with Gasteiger partial charge in [-0.05, 0) is 38.1 Å². The van der Waals surface area contributed by atoms with Gasteiger partial charge in [0.2, 0.25) is 0 Å². The van der Waals surface area contributed by atoms with Gasteiger partial charge in [-0.3, -0.25) is 4.90 Å². The lowest BCUT2D eigenvalue weighted by molar-refractivity contribution is 0.162. The Kier molecular flexibility index (Phi) is 3.30. The van der Waals surface area contributed by atoms with Gasteiger partial charge < -0.3 is 10.7 Å². The number of imidazole rings is 1. The summed E-state index contributed by atoms with van der Waals surface area (Å²) in [5.41, 5.74) is 8.09. The Morgan fingerprint density at radius 3 is 2.72 bits per heavy atom. The molecule has 0 amide bonds. The maximum Gasteiger partial charge on any atom is 0.125 e. The van der Waals surface area contributed by atoms with Crippen LogP contribution in [0.1, 0.15) is 31.1 Å². The third-order valence-corrected chi connectivity index (χ3v) is 3.78. The van der Waals surface area contributed by atoms with E-state index in [4.69, 9.17) is 5.73 Å². The standard InChI is InChI=1S/C14H20N4/c15-10-13(18-8-4-1-5-9-18)14-16-11-6-2-3-7-12(11)17-14/h2-3,6-7,13H,1,4-5,8-10,15H2,(H,16,17). The topological polar surface area (TPSA) is 57.9 Å². The number of aromatic amines is 1. The number of hydrogen-bond donors (Lipinski definition) is 2. The Morgan fingerprint density at radius 2 is 2.00 bits per heavy atom.